The van der Waals surface area contributed by atoms with Gasteiger partial charge in [-0.3, -0.25) is 0 Å². The number of nitrogens with two attached hydrogens (primary N) is 1. The summed E-state index contributed by atoms with van der Waals surface area (Å²) in [6.45, 7) is 7.80. The van der Waals surface area contributed by atoms with E-state index < -0.39 is 5.60 Å². The molecule has 0 unspecified atom stereocenters. The normalized spacial score (nSPS) is 11.1. The maximum atomic E-state index is 11.1. The number of carbonyl (C=O) groups is 1. The van der Waals surface area contributed by atoms with Crippen molar-refractivity contribution in [2.75, 3.05) is 6.54 Å². The largest absolute Gasteiger partial charge is 0.444 e. The molecular formula is C10H21N2O2. The molecule has 0 heterocycles. The van der Waals surface area contributed by atoms with Gasteiger partial charge in [0.25, 0.3) is 0 Å². The fourth-order valence-electron chi connectivity index (χ4n) is 0.892. The highest BCUT2D eigenvalue weighted by Crippen LogP contribution is 2.06. The summed E-state index contributed by atoms with van der Waals surface area (Å²) in [7, 11) is 0. The smallest absolute Gasteiger partial charge is 0.407 e. The standard InChI is InChI=1S/C10H21N2O2/c1-10(2,3)14-9(13)12-8-6-4-5-7-11/h7H,4-6,8,11H2,1-3H3,(H,12,13). The Morgan fingerprint density at radius 1 is 1.43 bits per heavy atom. The third-order valence-electron chi connectivity index (χ3n) is 1.47. The predicted octanol–water partition coefficient (Wildman–Crippen LogP) is 1.80. The minimum Gasteiger partial charge on any atom is -0.444 e. The molecule has 1 amide bonds. The summed E-state index contributed by atoms with van der Waals surface area (Å²) in [4.78, 5) is 11.1. The van der Waals surface area contributed by atoms with Crippen LogP contribution in [0.15, 0.2) is 0 Å². The molecule has 0 rings (SSSR count). The summed E-state index contributed by atoms with van der Waals surface area (Å²) < 4.78 is 5.06. The molecule has 0 fully saturated rings. The van der Waals surface area contributed by atoms with Crippen LogP contribution in [-0.4, -0.2) is 18.2 Å². The van der Waals surface area contributed by atoms with Crippen LogP contribution >= 0.6 is 0 Å². The number of ether oxygens (including phenoxy) is 1. The first-order valence-electron chi connectivity index (χ1n) is 4.96. The SMILES string of the molecule is CC(C)(C)OC(=O)NCCCC[CH]N. The van der Waals surface area contributed by atoms with E-state index in [4.69, 9.17) is 10.5 Å². The van der Waals surface area contributed by atoms with Gasteiger partial charge in [-0.2, -0.15) is 0 Å². The van der Waals surface area contributed by atoms with Crippen molar-refractivity contribution in [2.45, 2.75) is 45.6 Å². The zero-order valence-electron chi connectivity index (χ0n) is 9.30. The van der Waals surface area contributed by atoms with Gasteiger partial charge in [0.1, 0.15) is 5.60 Å². The van der Waals surface area contributed by atoms with Crippen LogP contribution in [0.3, 0.4) is 0 Å². The summed E-state index contributed by atoms with van der Waals surface area (Å²) >= 11 is 0. The lowest BCUT2D eigenvalue weighted by Gasteiger charge is -2.19. The van der Waals surface area contributed by atoms with Gasteiger partial charge in [0, 0.05) is 13.1 Å². The average Bonchev–Trinajstić information content (AvgIpc) is 2.00. The van der Waals surface area contributed by atoms with E-state index in [-0.39, 0.29) is 6.09 Å². The Bertz CT molecular complexity index is 164. The van der Waals surface area contributed by atoms with Crippen molar-refractivity contribution < 1.29 is 9.53 Å². The predicted molar refractivity (Wildman–Crippen MR) is 56.6 cm³/mol. The van der Waals surface area contributed by atoms with Crippen LogP contribution in [0.4, 0.5) is 4.79 Å². The molecule has 0 spiro atoms. The first kappa shape index (κ1) is 13.2. The lowest BCUT2D eigenvalue weighted by atomic mass is 10.2. The van der Waals surface area contributed by atoms with E-state index in [1.807, 2.05) is 20.8 Å². The molecule has 4 heteroatoms. The molecule has 0 aliphatic rings. The summed E-state index contributed by atoms with van der Waals surface area (Å²) in [5, 5.41) is 2.68. The van der Waals surface area contributed by atoms with Gasteiger partial charge in [0.2, 0.25) is 0 Å². The maximum Gasteiger partial charge on any atom is 0.407 e. The molecule has 0 aliphatic carbocycles. The highest BCUT2D eigenvalue weighted by atomic mass is 16.6. The molecule has 4 nitrogen and oxygen atoms in total. The van der Waals surface area contributed by atoms with Crippen molar-refractivity contribution in [1.29, 1.82) is 0 Å². The zero-order chi connectivity index (χ0) is 11.0. The van der Waals surface area contributed by atoms with Gasteiger partial charge in [0.15, 0.2) is 0 Å². The molecule has 0 atom stereocenters. The number of alkyl carbamates (subject to hydrolysis) is 1. The van der Waals surface area contributed by atoms with Crippen molar-refractivity contribution in [3.05, 3.63) is 6.54 Å². The van der Waals surface area contributed by atoms with Gasteiger partial charge >= 0.3 is 6.09 Å². The van der Waals surface area contributed by atoms with E-state index >= 15 is 0 Å². The van der Waals surface area contributed by atoms with Crippen molar-refractivity contribution in [3.63, 3.8) is 0 Å². The molecule has 83 valence electrons. The maximum absolute atomic E-state index is 11.1. The molecule has 0 bridgehead atoms. The van der Waals surface area contributed by atoms with Crippen LogP contribution in [0, 0.1) is 6.54 Å². The lowest BCUT2D eigenvalue weighted by molar-refractivity contribution is 0.0527. The minimum absolute atomic E-state index is 0.353. The molecule has 0 aliphatic heterocycles. The molecule has 0 aromatic carbocycles. The van der Waals surface area contributed by atoms with E-state index in [1.165, 1.54) is 0 Å². The molecule has 14 heavy (non-hydrogen) atoms. The summed E-state index contributed by atoms with van der Waals surface area (Å²) in [6.07, 6.45) is 2.45. The van der Waals surface area contributed by atoms with E-state index in [9.17, 15) is 4.79 Å². The Morgan fingerprint density at radius 3 is 2.57 bits per heavy atom. The monoisotopic (exact) mass is 201 g/mol. The van der Waals surface area contributed by atoms with Crippen molar-refractivity contribution in [3.8, 4) is 0 Å². The quantitative estimate of drug-likeness (QED) is 0.667. The van der Waals surface area contributed by atoms with Crippen LogP contribution in [0.5, 0.6) is 0 Å². The van der Waals surface area contributed by atoms with Crippen molar-refractivity contribution in [2.24, 2.45) is 5.73 Å². The third kappa shape index (κ3) is 9.32. The highest BCUT2D eigenvalue weighted by Gasteiger charge is 2.15. The Kier molecular flexibility index (Phi) is 6.28. The second-order valence-corrected chi connectivity index (χ2v) is 4.16. The first-order valence-corrected chi connectivity index (χ1v) is 4.96. The van der Waals surface area contributed by atoms with E-state index in [0.717, 1.165) is 19.3 Å². The Labute approximate surface area is 86.2 Å². The lowest BCUT2D eigenvalue weighted by Crippen LogP contribution is -2.32. The summed E-state index contributed by atoms with van der Waals surface area (Å²) in [5.74, 6) is 0. The van der Waals surface area contributed by atoms with Crippen LogP contribution in [0.1, 0.15) is 40.0 Å². The van der Waals surface area contributed by atoms with E-state index in [2.05, 4.69) is 5.32 Å². The fraction of sp³-hybridized carbons (Fsp3) is 0.800. The highest BCUT2D eigenvalue weighted by molar-refractivity contribution is 5.67. The van der Waals surface area contributed by atoms with Gasteiger partial charge in [-0.1, -0.05) is 6.42 Å². The Hall–Kier alpha value is -0.770. The number of amides is 1. The number of hydrogen-bond acceptors (Lipinski definition) is 3. The minimum atomic E-state index is -0.422. The first-order chi connectivity index (χ1) is 6.45. The molecule has 0 saturated carbocycles. The van der Waals surface area contributed by atoms with Crippen LogP contribution in [0.2, 0.25) is 0 Å². The number of rotatable bonds is 5. The molecule has 0 saturated heterocycles. The van der Waals surface area contributed by atoms with Crippen molar-refractivity contribution in [1.82, 2.24) is 5.32 Å². The second-order valence-electron chi connectivity index (χ2n) is 4.16. The fourth-order valence-corrected chi connectivity index (χ4v) is 0.892. The van der Waals surface area contributed by atoms with E-state index in [1.54, 1.807) is 6.54 Å². The number of hydrogen-bond donors (Lipinski definition) is 2. The van der Waals surface area contributed by atoms with Crippen LogP contribution in [0.25, 0.3) is 0 Å². The average molecular weight is 201 g/mol. The van der Waals surface area contributed by atoms with Gasteiger partial charge in [-0.15, -0.1) is 0 Å². The van der Waals surface area contributed by atoms with Gasteiger partial charge in [-0.25, -0.2) is 4.79 Å². The molecule has 1 radical (unpaired) electrons. The molecule has 0 aromatic heterocycles. The summed E-state index contributed by atoms with van der Waals surface area (Å²) in [5.41, 5.74) is 4.80. The molecular weight excluding hydrogens is 180 g/mol. The summed E-state index contributed by atoms with van der Waals surface area (Å²) in [6, 6.07) is 0. The number of nitrogens with one attached hydrogen (secondary N) is 1. The van der Waals surface area contributed by atoms with Crippen LogP contribution in [-0.2, 0) is 4.74 Å². The van der Waals surface area contributed by atoms with Crippen molar-refractivity contribution >= 4 is 6.09 Å². The van der Waals surface area contributed by atoms with Gasteiger partial charge in [-0.05, 0) is 33.6 Å². The molecule has 0 aromatic rings. The topological polar surface area (TPSA) is 64.3 Å². The second kappa shape index (κ2) is 6.65. The van der Waals surface area contributed by atoms with Gasteiger partial charge < -0.3 is 15.8 Å². The van der Waals surface area contributed by atoms with Crippen LogP contribution < -0.4 is 11.1 Å². The molecule has 3 N–H and O–H groups in total. The number of unbranched alkanes of at least 4 members (excludes halogenated alkanes) is 2. The third-order valence-corrected chi connectivity index (χ3v) is 1.47. The Balaban J connectivity index is 3.36. The Morgan fingerprint density at radius 2 is 2.07 bits per heavy atom. The zero-order valence-corrected chi connectivity index (χ0v) is 9.30. The van der Waals surface area contributed by atoms with E-state index in [0.29, 0.717) is 6.54 Å². The number of carbonyl (C=O) groups excluding carboxylic acids is 1. The van der Waals surface area contributed by atoms with Gasteiger partial charge in [0.05, 0.1) is 0 Å².